The maximum Gasteiger partial charge on any atom is 0.353 e. The lowest BCUT2D eigenvalue weighted by atomic mass is 10.2. The quantitative estimate of drug-likeness (QED) is 0.474. The summed E-state index contributed by atoms with van der Waals surface area (Å²) in [6, 6.07) is 8.79. The van der Waals surface area contributed by atoms with Gasteiger partial charge in [-0.15, -0.1) is 0 Å². The Morgan fingerprint density at radius 1 is 1.32 bits per heavy atom. The van der Waals surface area contributed by atoms with Gasteiger partial charge in [0.05, 0.1) is 17.1 Å². The van der Waals surface area contributed by atoms with Gasteiger partial charge in [-0.1, -0.05) is 17.7 Å². The molecule has 0 aliphatic rings. The van der Waals surface area contributed by atoms with Crippen molar-refractivity contribution in [2.45, 2.75) is 6.92 Å². The normalized spacial score (nSPS) is 9.76. The fraction of sp³-hybridized carbons (Fsp3) is 0.200. The van der Waals surface area contributed by atoms with Crippen molar-refractivity contribution in [1.29, 1.82) is 10.5 Å². The van der Waals surface area contributed by atoms with Crippen LogP contribution in [0.4, 0.5) is 23.0 Å². The van der Waals surface area contributed by atoms with E-state index in [4.69, 9.17) is 22.1 Å². The zero-order valence-electron chi connectivity index (χ0n) is 13.1. The van der Waals surface area contributed by atoms with Crippen molar-refractivity contribution >= 4 is 34.6 Å². The van der Waals surface area contributed by atoms with Gasteiger partial charge in [-0.05, 0) is 24.6 Å². The largest absolute Gasteiger partial charge is 0.353 e. The fourth-order valence-corrected chi connectivity index (χ4v) is 2.22. The number of benzene rings is 1. The third kappa shape index (κ3) is 4.10. The summed E-state index contributed by atoms with van der Waals surface area (Å²) in [7, 11) is 0. The first kappa shape index (κ1) is 17.9. The molecule has 1 aromatic carbocycles. The van der Waals surface area contributed by atoms with Crippen molar-refractivity contribution in [2.24, 2.45) is 0 Å². The second kappa shape index (κ2) is 7.90. The molecular formula is C15H12ClN7O2. The molecule has 1 heterocycles. The number of hydrogen-bond acceptors (Lipinski definition) is 8. The standard InChI is InChI=1S/C15H12ClN7O2/c1-10-2-3-11(8-12(10)16)21-14-13(23(24)25)15(20-9-19-14)22(6-4-17)7-5-18/h2-3,8-9H,6-7H2,1H3,(H,19,20,21). The smallest absolute Gasteiger partial charge is 0.334 e. The molecule has 0 bridgehead atoms. The highest BCUT2D eigenvalue weighted by atomic mass is 35.5. The predicted octanol–water partition coefficient (Wildman–Crippen LogP) is 2.94. The topological polar surface area (TPSA) is 132 Å². The van der Waals surface area contributed by atoms with Gasteiger partial charge >= 0.3 is 5.69 Å². The van der Waals surface area contributed by atoms with Crippen LogP contribution < -0.4 is 10.2 Å². The SMILES string of the molecule is Cc1ccc(Nc2ncnc(N(CC#N)CC#N)c2[N+](=O)[O-])cc1Cl. The van der Waals surface area contributed by atoms with Gasteiger partial charge in [0.1, 0.15) is 19.4 Å². The highest BCUT2D eigenvalue weighted by Gasteiger charge is 2.27. The number of nitrogens with one attached hydrogen (secondary N) is 1. The molecule has 0 radical (unpaired) electrons. The molecule has 1 aromatic heterocycles. The molecule has 1 N–H and O–H groups in total. The van der Waals surface area contributed by atoms with Crippen molar-refractivity contribution in [2.75, 3.05) is 23.3 Å². The van der Waals surface area contributed by atoms with Crippen molar-refractivity contribution < 1.29 is 4.92 Å². The van der Waals surface area contributed by atoms with Gasteiger partial charge in [0.15, 0.2) is 0 Å². The molecule has 0 saturated heterocycles. The number of anilines is 3. The minimum Gasteiger partial charge on any atom is -0.334 e. The van der Waals surface area contributed by atoms with Gasteiger partial charge in [0, 0.05) is 10.7 Å². The molecular weight excluding hydrogens is 346 g/mol. The number of nitro groups is 1. The molecule has 2 aromatic rings. The van der Waals surface area contributed by atoms with Gasteiger partial charge in [0.2, 0.25) is 11.6 Å². The van der Waals surface area contributed by atoms with Crippen LogP contribution in [0.1, 0.15) is 5.56 Å². The van der Waals surface area contributed by atoms with Gasteiger partial charge in [-0.2, -0.15) is 10.5 Å². The molecule has 0 unspecified atom stereocenters. The van der Waals surface area contributed by atoms with E-state index in [1.54, 1.807) is 18.2 Å². The summed E-state index contributed by atoms with van der Waals surface area (Å²) < 4.78 is 0. The van der Waals surface area contributed by atoms with Crippen LogP contribution in [0.3, 0.4) is 0 Å². The fourth-order valence-electron chi connectivity index (χ4n) is 2.04. The summed E-state index contributed by atoms with van der Waals surface area (Å²) in [5.74, 6) is -0.167. The maximum atomic E-state index is 11.5. The number of nitrogens with zero attached hydrogens (tertiary/aromatic N) is 6. The Balaban J connectivity index is 2.50. The molecule has 2 rings (SSSR count). The molecule has 0 spiro atoms. The van der Waals surface area contributed by atoms with Crippen molar-refractivity contribution in [3.8, 4) is 12.1 Å². The summed E-state index contributed by atoms with van der Waals surface area (Å²) in [5.41, 5.74) is 0.944. The van der Waals surface area contributed by atoms with Crippen LogP contribution in [0.15, 0.2) is 24.5 Å². The molecule has 9 nitrogen and oxygen atoms in total. The molecule has 0 atom stereocenters. The number of rotatable bonds is 6. The van der Waals surface area contributed by atoms with Crippen molar-refractivity contribution in [3.63, 3.8) is 0 Å². The van der Waals surface area contributed by atoms with Crippen LogP contribution in [-0.4, -0.2) is 28.0 Å². The van der Waals surface area contributed by atoms with E-state index in [2.05, 4.69) is 15.3 Å². The average molecular weight is 358 g/mol. The first-order valence-electron chi connectivity index (χ1n) is 6.99. The lowest BCUT2D eigenvalue weighted by Crippen LogP contribution is -2.26. The van der Waals surface area contributed by atoms with Crippen LogP contribution in [0, 0.1) is 39.7 Å². The maximum absolute atomic E-state index is 11.5. The summed E-state index contributed by atoms with van der Waals surface area (Å²) in [6.07, 6.45) is 1.13. The first-order valence-corrected chi connectivity index (χ1v) is 7.37. The molecule has 0 aliphatic carbocycles. The average Bonchev–Trinajstić information content (AvgIpc) is 2.57. The Bertz CT molecular complexity index is 872. The molecule has 0 saturated carbocycles. The number of hydrogen-bond donors (Lipinski definition) is 1. The Morgan fingerprint density at radius 3 is 2.56 bits per heavy atom. The summed E-state index contributed by atoms with van der Waals surface area (Å²) in [6.45, 7) is 1.39. The lowest BCUT2D eigenvalue weighted by molar-refractivity contribution is -0.383. The molecule has 10 heteroatoms. The highest BCUT2D eigenvalue weighted by Crippen LogP contribution is 2.34. The Morgan fingerprint density at radius 2 is 2.00 bits per heavy atom. The minimum atomic E-state index is -0.658. The van der Waals surface area contributed by atoms with Crippen LogP contribution in [0.2, 0.25) is 5.02 Å². The Hall–Kier alpha value is -3.43. The summed E-state index contributed by atoms with van der Waals surface area (Å²) in [5, 5.41) is 32.6. The minimum absolute atomic E-state index is 0.0594. The third-order valence-corrected chi connectivity index (χ3v) is 3.65. The van der Waals surface area contributed by atoms with Crippen LogP contribution >= 0.6 is 11.6 Å². The van der Waals surface area contributed by atoms with Gasteiger partial charge in [0.25, 0.3) is 0 Å². The molecule has 0 amide bonds. The molecule has 25 heavy (non-hydrogen) atoms. The first-order chi connectivity index (χ1) is 12.0. The van der Waals surface area contributed by atoms with E-state index in [-0.39, 0.29) is 24.7 Å². The van der Waals surface area contributed by atoms with E-state index in [0.717, 1.165) is 11.9 Å². The number of aryl methyl sites for hydroxylation is 1. The van der Waals surface area contributed by atoms with Crippen LogP contribution in [0.5, 0.6) is 0 Å². The molecule has 0 aliphatic heterocycles. The van der Waals surface area contributed by atoms with E-state index in [0.29, 0.717) is 10.7 Å². The summed E-state index contributed by atoms with van der Waals surface area (Å²) >= 11 is 6.06. The van der Waals surface area contributed by atoms with E-state index in [9.17, 15) is 10.1 Å². The zero-order chi connectivity index (χ0) is 18.4. The van der Waals surface area contributed by atoms with Gasteiger partial charge in [-0.25, -0.2) is 9.97 Å². The van der Waals surface area contributed by atoms with Gasteiger partial charge < -0.3 is 10.2 Å². The second-order valence-electron chi connectivity index (χ2n) is 4.91. The number of halogens is 1. The summed E-state index contributed by atoms with van der Waals surface area (Å²) in [4.78, 5) is 19.9. The second-order valence-corrected chi connectivity index (χ2v) is 5.32. The third-order valence-electron chi connectivity index (χ3n) is 3.24. The van der Waals surface area contributed by atoms with Crippen LogP contribution in [0.25, 0.3) is 0 Å². The van der Waals surface area contributed by atoms with E-state index >= 15 is 0 Å². The van der Waals surface area contributed by atoms with E-state index < -0.39 is 10.6 Å². The van der Waals surface area contributed by atoms with E-state index in [1.807, 2.05) is 19.1 Å². The van der Waals surface area contributed by atoms with Crippen molar-refractivity contribution in [1.82, 2.24) is 9.97 Å². The number of nitriles is 2. The Kier molecular flexibility index (Phi) is 5.66. The zero-order valence-corrected chi connectivity index (χ0v) is 13.9. The van der Waals surface area contributed by atoms with Gasteiger partial charge in [-0.3, -0.25) is 10.1 Å². The lowest BCUT2D eigenvalue weighted by Gasteiger charge is -2.17. The molecule has 0 fully saturated rings. The number of aromatic nitrogens is 2. The monoisotopic (exact) mass is 357 g/mol. The van der Waals surface area contributed by atoms with Crippen LogP contribution in [-0.2, 0) is 0 Å². The molecule has 126 valence electrons. The van der Waals surface area contributed by atoms with Crippen molar-refractivity contribution in [3.05, 3.63) is 45.2 Å². The predicted molar refractivity (Wildman–Crippen MR) is 91.6 cm³/mol. The highest BCUT2D eigenvalue weighted by molar-refractivity contribution is 6.31. The Labute approximate surface area is 148 Å². The van der Waals surface area contributed by atoms with E-state index in [1.165, 1.54) is 4.90 Å².